The zero-order valence-corrected chi connectivity index (χ0v) is 20.2. The summed E-state index contributed by atoms with van der Waals surface area (Å²) in [5, 5.41) is 10.8. The lowest BCUT2D eigenvalue weighted by molar-refractivity contribution is -0.119. The number of amides is 2. The average molecular weight is 530 g/mol. The minimum atomic E-state index is -0.939. The van der Waals surface area contributed by atoms with Crippen molar-refractivity contribution in [3.63, 3.8) is 0 Å². The summed E-state index contributed by atoms with van der Waals surface area (Å²) in [7, 11) is 0. The highest BCUT2D eigenvalue weighted by Gasteiger charge is 2.22. The Balaban J connectivity index is 1.64. The second kappa shape index (κ2) is 10.3. The van der Waals surface area contributed by atoms with E-state index in [2.05, 4.69) is 20.6 Å². The van der Waals surface area contributed by atoms with Crippen molar-refractivity contribution in [3.05, 3.63) is 86.9 Å². The number of benzene rings is 2. The van der Waals surface area contributed by atoms with Gasteiger partial charge < -0.3 is 11.1 Å². The third kappa shape index (κ3) is 5.11. The zero-order chi connectivity index (χ0) is 26.0. The van der Waals surface area contributed by atoms with E-state index in [9.17, 15) is 18.8 Å². The molecule has 1 atom stereocenters. The van der Waals surface area contributed by atoms with E-state index in [1.165, 1.54) is 40.0 Å². The molecule has 0 aliphatic rings. The molecule has 0 radical (unpaired) electrons. The molecule has 0 bridgehead atoms. The number of hydrogen-bond acceptors (Lipinski definition) is 6. The Morgan fingerprint density at radius 2 is 1.94 bits per heavy atom. The van der Waals surface area contributed by atoms with Gasteiger partial charge in [0.2, 0.25) is 5.91 Å². The van der Waals surface area contributed by atoms with E-state index in [1.807, 2.05) is 0 Å². The Morgan fingerprint density at radius 1 is 1.17 bits per heavy atom. The summed E-state index contributed by atoms with van der Waals surface area (Å²) in [6, 6.07) is 8.76. The molecule has 0 aliphatic carbocycles. The van der Waals surface area contributed by atoms with Gasteiger partial charge in [0.1, 0.15) is 11.9 Å². The van der Waals surface area contributed by atoms with Crippen LogP contribution in [0.15, 0.2) is 59.8 Å². The second-order valence-corrected chi connectivity index (χ2v) is 8.46. The van der Waals surface area contributed by atoms with E-state index in [0.29, 0.717) is 22.0 Å². The molecule has 3 N–H and O–H groups in total. The summed E-state index contributed by atoms with van der Waals surface area (Å²) < 4.78 is 16.7. The van der Waals surface area contributed by atoms with Gasteiger partial charge in [-0.25, -0.2) is 14.1 Å². The van der Waals surface area contributed by atoms with Crippen molar-refractivity contribution in [3.8, 4) is 16.9 Å². The van der Waals surface area contributed by atoms with Crippen LogP contribution in [0.1, 0.15) is 29.7 Å². The second-order valence-electron chi connectivity index (χ2n) is 7.64. The van der Waals surface area contributed by atoms with Gasteiger partial charge in [-0.15, -0.1) is 5.10 Å². The summed E-state index contributed by atoms with van der Waals surface area (Å²) in [5.74, 6) is -2.37. The first-order chi connectivity index (χ1) is 17.2. The van der Waals surface area contributed by atoms with Crippen LogP contribution in [0, 0.1) is 5.82 Å². The standard InChI is InChI=1S/C23H18Cl2FN7O3/c1-2-18(23(36)29-13-4-5-14(22(27)35)16(26)8-13)32-11-28-17(9-21(32)34)15-7-12(24)3-6-19(15)33-10-20(25)30-31-33/h3-11,18H,2H2,1H3,(H2,27,35)(H,29,36)/t18-/m0/s1. The van der Waals surface area contributed by atoms with Gasteiger partial charge in [0.05, 0.1) is 29.5 Å². The highest BCUT2D eigenvalue weighted by atomic mass is 35.5. The Labute approximate surface area is 213 Å². The molecular weight excluding hydrogens is 512 g/mol. The van der Waals surface area contributed by atoms with Gasteiger partial charge in [-0.2, -0.15) is 0 Å². The maximum atomic E-state index is 14.1. The third-order valence-corrected chi connectivity index (χ3v) is 5.72. The number of anilines is 1. The van der Waals surface area contributed by atoms with Crippen molar-refractivity contribution in [1.29, 1.82) is 0 Å². The molecule has 36 heavy (non-hydrogen) atoms. The Kier molecular flexibility index (Phi) is 7.13. The van der Waals surface area contributed by atoms with Crippen LogP contribution in [0.5, 0.6) is 0 Å². The number of nitrogens with two attached hydrogens (primary N) is 1. The fraction of sp³-hybridized carbons (Fsp3) is 0.130. The Morgan fingerprint density at radius 3 is 2.56 bits per heavy atom. The molecule has 2 aromatic carbocycles. The van der Waals surface area contributed by atoms with Crippen molar-refractivity contribution in [1.82, 2.24) is 24.5 Å². The summed E-state index contributed by atoms with van der Waals surface area (Å²) in [6.07, 6.45) is 2.99. The molecule has 2 aromatic heterocycles. The molecular formula is C23H18Cl2FN7O3. The number of rotatable bonds is 7. The van der Waals surface area contributed by atoms with Crippen LogP contribution < -0.4 is 16.6 Å². The minimum absolute atomic E-state index is 0.105. The fourth-order valence-corrected chi connectivity index (χ4v) is 3.89. The lowest BCUT2D eigenvalue weighted by Gasteiger charge is -2.18. The van der Waals surface area contributed by atoms with E-state index < -0.39 is 29.2 Å². The van der Waals surface area contributed by atoms with Crippen LogP contribution in [0.3, 0.4) is 0 Å². The first-order valence-electron chi connectivity index (χ1n) is 10.5. The molecule has 4 rings (SSSR count). The molecule has 10 nitrogen and oxygen atoms in total. The molecule has 0 spiro atoms. The van der Waals surface area contributed by atoms with Gasteiger partial charge in [-0.05, 0) is 42.8 Å². The first-order valence-corrected chi connectivity index (χ1v) is 11.3. The fourth-order valence-electron chi connectivity index (χ4n) is 3.59. The van der Waals surface area contributed by atoms with Crippen molar-refractivity contribution in [2.75, 3.05) is 5.32 Å². The largest absolute Gasteiger partial charge is 0.366 e. The van der Waals surface area contributed by atoms with Gasteiger partial charge in [-0.3, -0.25) is 19.0 Å². The van der Waals surface area contributed by atoms with Gasteiger partial charge in [0.25, 0.3) is 11.5 Å². The maximum absolute atomic E-state index is 14.1. The van der Waals surface area contributed by atoms with Crippen LogP contribution in [0.2, 0.25) is 10.2 Å². The highest BCUT2D eigenvalue weighted by molar-refractivity contribution is 6.31. The van der Waals surface area contributed by atoms with Crippen LogP contribution in [-0.4, -0.2) is 36.4 Å². The van der Waals surface area contributed by atoms with Crippen molar-refractivity contribution in [2.45, 2.75) is 19.4 Å². The van der Waals surface area contributed by atoms with Crippen molar-refractivity contribution < 1.29 is 14.0 Å². The van der Waals surface area contributed by atoms with E-state index in [-0.39, 0.29) is 22.8 Å². The van der Waals surface area contributed by atoms with Crippen LogP contribution >= 0.6 is 23.2 Å². The van der Waals surface area contributed by atoms with E-state index in [4.69, 9.17) is 28.9 Å². The molecule has 0 fully saturated rings. The van der Waals surface area contributed by atoms with Gasteiger partial charge >= 0.3 is 0 Å². The minimum Gasteiger partial charge on any atom is -0.366 e. The summed E-state index contributed by atoms with van der Waals surface area (Å²) in [6.45, 7) is 1.71. The first kappa shape index (κ1) is 25.0. The monoisotopic (exact) mass is 529 g/mol. The third-order valence-electron chi connectivity index (χ3n) is 5.31. The predicted octanol–water partition coefficient (Wildman–Crippen LogP) is 3.63. The number of nitrogens with one attached hydrogen (secondary N) is 1. The SMILES string of the molecule is CC[C@@H](C(=O)Nc1ccc(C(N)=O)c(F)c1)n1cnc(-c2cc(Cl)ccc2-n2cc(Cl)nn2)cc1=O. The molecule has 2 amide bonds. The summed E-state index contributed by atoms with van der Waals surface area (Å²) >= 11 is 12.1. The molecule has 0 saturated carbocycles. The van der Waals surface area contributed by atoms with E-state index in [0.717, 1.165) is 6.07 Å². The maximum Gasteiger partial charge on any atom is 0.254 e. The van der Waals surface area contributed by atoms with Crippen LogP contribution in [0.25, 0.3) is 16.9 Å². The lowest BCUT2D eigenvalue weighted by atomic mass is 10.1. The summed E-state index contributed by atoms with van der Waals surface area (Å²) in [4.78, 5) is 41.5. The van der Waals surface area contributed by atoms with Crippen molar-refractivity contribution in [2.24, 2.45) is 5.73 Å². The quantitative estimate of drug-likeness (QED) is 0.374. The van der Waals surface area contributed by atoms with E-state index in [1.54, 1.807) is 25.1 Å². The van der Waals surface area contributed by atoms with Gasteiger partial charge in [0.15, 0.2) is 5.15 Å². The number of aromatic nitrogens is 5. The highest BCUT2D eigenvalue weighted by Crippen LogP contribution is 2.28. The number of carbonyl (C=O) groups is 2. The molecule has 0 aliphatic heterocycles. The smallest absolute Gasteiger partial charge is 0.254 e. The van der Waals surface area contributed by atoms with Crippen LogP contribution in [0.4, 0.5) is 10.1 Å². The molecule has 184 valence electrons. The van der Waals surface area contributed by atoms with E-state index >= 15 is 0 Å². The molecule has 4 aromatic rings. The number of carbonyl (C=O) groups excluding carboxylic acids is 2. The molecule has 0 saturated heterocycles. The molecule has 2 heterocycles. The number of halogens is 3. The van der Waals surface area contributed by atoms with Crippen LogP contribution in [-0.2, 0) is 4.79 Å². The number of hydrogen-bond donors (Lipinski definition) is 2. The molecule has 13 heteroatoms. The van der Waals surface area contributed by atoms with Crippen molar-refractivity contribution >= 4 is 40.7 Å². The zero-order valence-electron chi connectivity index (χ0n) is 18.7. The summed E-state index contributed by atoms with van der Waals surface area (Å²) in [5.41, 5.74) is 5.73. The Bertz CT molecular complexity index is 1540. The topological polar surface area (TPSA) is 138 Å². The van der Waals surface area contributed by atoms with Gasteiger partial charge in [-0.1, -0.05) is 35.3 Å². The Hall–Kier alpha value is -4.09. The normalized spacial score (nSPS) is 11.8. The number of nitrogens with zero attached hydrogens (tertiary/aromatic N) is 5. The predicted molar refractivity (Wildman–Crippen MR) is 132 cm³/mol. The molecule has 0 unspecified atom stereocenters. The van der Waals surface area contributed by atoms with Gasteiger partial charge in [0, 0.05) is 22.3 Å². The average Bonchev–Trinajstić information content (AvgIpc) is 3.26. The lowest BCUT2D eigenvalue weighted by Crippen LogP contribution is -2.33. The number of primary amides is 1.